The van der Waals surface area contributed by atoms with Crippen LogP contribution in [0.4, 0.5) is 5.69 Å². The largest absolute Gasteiger partial charge is 0.297 e. The Morgan fingerprint density at radius 3 is 2.38 bits per heavy atom. The number of aryl methyl sites for hydroxylation is 1. The maximum absolute atomic E-state index is 12.3. The summed E-state index contributed by atoms with van der Waals surface area (Å²) in [4.78, 5) is 22.3. The normalized spacial score (nSPS) is 12.6. The van der Waals surface area contributed by atoms with Gasteiger partial charge in [-0.25, -0.2) is 0 Å². The second kappa shape index (κ2) is 6.90. The van der Waals surface area contributed by atoms with Crippen LogP contribution in [0.15, 0.2) is 53.4 Å². The molecule has 0 aliphatic carbocycles. The zero-order chi connectivity index (χ0) is 17.9. The molecule has 126 valence electrons. The summed E-state index contributed by atoms with van der Waals surface area (Å²) in [5.74, 6) is -0.658. The average molecular weight is 349 g/mol. The molecule has 0 spiro atoms. The Morgan fingerprint density at radius 2 is 1.79 bits per heavy atom. The summed E-state index contributed by atoms with van der Waals surface area (Å²) in [6, 6.07) is 11.0. The third kappa shape index (κ3) is 4.03. The van der Waals surface area contributed by atoms with Gasteiger partial charge in [-0.3, -0.25) is 19.1 Å². The Hall–Kier alpha value is -2.58. The number of hydrogen-bond donors (Lipinski definition) is 0. The summed E-state index contributed by atoms with van der Waals surface area (Å²) in [5, 5.41) is 10.8. The quantitative estimate of drug-likeness (QED) is 0.344. The van der Waals surface area contributed by atoms with Crippen LogP contribution in [0, 0.1) is 17.0 Å². The van der Waals surface area contributed by atoms with E-state index in [1.165, 1.54) is 37.3 Å². The minimum Gasteiger partial charge on any atom is -0.291 e. The first-order valence-electron chi connectivity index (χ1n) is 6.99. The van der Waals surface area contributed by atoms with Crippen molar-refractivity contribution in [3.63, 3.8) is 0 Å². The van der Waals surface area contributed by atoms with Crippen LogP contribution >= 0.6 is 0 Å². The lowest BCUT2D eigenvalue weighted by molar-refractivity contribution is -0.384. The van der Waals surface area contributed by atoms with Crippen LogP contribution in [-0.2, 0) is 14.3 Å². The molecule has 24 heavy (non-hydrogen) atoms. The zero-order valence-electron chi connectivity index (χ0n) is 13.0. The molecule has 0 heterocycles. The first-order valence-corrected chi connectivity index (χ1v) is 8.40. The SMILES string of the molecule is Cc1ccc(S(=O)(=O)OC(C)C(=O)c2cccc([N+](=O)[O-])c2)cc1. The number of nitro benzene ring substituents is 1. The number of ketones is 1. The fourth-order valence-corrected chi connectivity index (χ4v) is 3.05. The van der Waals surface area contributed by atoms with Crippen LogP contribution in [0.5, 0.6) is 0 Å². The monoisotopic (exact) mass is 349 g/mol. The Kier molecular flexibility index (Phi) is 5.10. The molecule has 2 aromatic rings. The summed E-state index contributed by atoms with van der Waals surface area (Å²) < 4.78 is 29.3. The molecule has 0 aromatic heterocycles. The van der Waals surface area contributed by atoms with Crippen molar-refractivity contribution in [3.05, 3.63) is 69.8 Å². The molecule has 0 bridgehead atoms. The molecule has 0 aliphatic heterocycles. The highest BCUT2D eigenvalue weighted by Gasteiger charge is 2.25. The molecule has 0 saturated heterocycles. The second-order valence-corrected chi connectivity index (χ2v) is 6.75. The van der Waals surface area contributed by atoms with Crippen LogP contribution in [0.25, 0.3) is 0 Å². The first-order chi connectivity index (χ1) is 11.2. The van der Waals surface area contributed by atoms with Crippen molar-refractivity contribution in [2.24, 2.45) is 0 Å². The topological polar surface area (TPSA) is 104 Å². The van der Waals surface area contributed by atoms with Gasteiger partial charge in [0.2, 0.25) is 0 Å². The van der Waals surface area contributed by atoms with Gasteiger partial charge in [0, 0.05) is 17.7 Å². The number of nitrogens with zero attached hydrogens (tertiary/aromatic N) is 1. The molecule has 0 fully saturated rings. The lowest BCUT2D eigenvalue weighted by Crippen LogP contribution is -2.24. The van der Waals surface area contributed by atoms with E-state index in [1.54, 1.807) is 12.1 Å². The van der Waals surface area contributed by atoms with E-state index in [0.29, 0.717) is 0 Å². The molecule has 1 unspecified atom stereocenters. The van der Waals surface area contributed by atoms with Crippen molar-refractivity contribution in [1.29, 1.82) is 0 Å². The van der Waals surface area contributed by atoms with Crippen LogP contribution in [0.2, 0.25) is 0 Å². The summed E-state index contributed by atoms with van der Waals surface area (Å²) in [6.07, 6.45) is -1.31. The predicted octanol–water partition coefficient (Wildman–Crippen LogP) is 2.88. The van der Waals surface area contributed by atoms with Gasteiger partial charge in [0.15, 0.2) is 5.78 Å². The van der Waals surface area contributed by atoms with Crippen LogP contribution in [-0.4, -0.2) is 25.2 Å². The Morgan fingerprint density at radius 1 is 1.17 bits per heavy atom. The third-order valence-electron chi connectivity index (χ3n) is 3.29. The van der Waals surface area contributed by atoms with E-state index in [2.05, 4.69) is 0 Å². The molecule has 0 radical (unpaired) electrons. The third-order valence-corrected chi connectivity index (χ3v) is 4.68. The number of carbonyl (C=O) groups is 1. The Balaban J connectivity index is 2.21. The van der Waals surface area contributed by atoms with Gasteiger partial charge in [-0.1, -0.05) is 29.8 Å². The minimum atomic E-state index is -4.11. The van der Waals surface area contributed by atoms with Crippen molar-refractivity contribution in [3.8, 4) is 0 Å². The number of Topliss-reactive ketones (excluding diaryl/α,β-unsaturated/α-hetero) is 1. The molecule has 0 aliphatic rings. The molecule has 0 N–H and O–H groups in total. The van der Waals surface area contributed by atoms with E-state index in [1.807, 2.05) is 6.92 Å². The molecule has 7 nitrogen and oxygen atoms in total. The number of rotatable bonds is 6. The van der Waals surface area contributed by atoms with Gasteiger partial charge in [-0.15, -0.1) is 0 Å². The van der Waals surface area contributed by atoms with E-state index < -0.39 is 26.9 Å². The molecule has 8 heteroatoms. The summed E-state index contributed by atoms with van der Waals surface area (Å²) >= 11 is 0. The minimum absolute atomic E-state index is 0.0100. The lowest BCUT2D eigenvalue weighted by atomic mass is 10.1. The van der Waals surface area contributed by atoms with Gasteiger partial charge in [0.1, 0.15) is 6.10 Å². The molecular weight excluding hydrogens is 334 g/mol. The van der Waals surface area contributed by atoms with E-state index >= 15 is 0 Å². The van der Waals surface area contributed by atoms with Gasteiger partial charge in [0.05, 0.1) is 9.82 Å². The van der Waals surface area contributed by atoms with Gasteiger partial charge >= 0.3 is 0 Å². The number of benzene rings is 2. The molecule has 0 amide bonds. The maximum Gasteiger partial charge on any atom is 0.297 e. The van der Waals surface area contributed by atoms with Crippen LogP contribution < -0.4 is 0 Å². The number of nitro groups is 1. The van der Waals surface area contributed by atoms with E-state index in [0.717, 1.165) is 11.6 Å². The van der Waals surface area contributed by atoms with Gasteiger partial charge < -0.3 is 0 Å². The molecule has 1 atom stereocenters. The first kappa shape index (κ1) is 17.8. The molecular formula is C16H15NO6S. The average Bonchev–Trinajstić information content (AvgIpc) is 2.54. The van der Waals surface area contributed by atoms with Crippen molar-refractivity contribution >= 4 is 21.6 Å². The highest BCUT2D eigenvalue weighted by molar-refractivity contribution is 7.86. The number of non-ortho nitro benzene ring substituents is 1. The van der Waals surface area contributed by atoms with Gasteiger partial charge in [0.25, 0.3) is 15.8 Å². The fraction of sp³-hybridized carbons (Fsp3) is 0.188. The summed E-state index contributed by atoms with van der Waals surface area (Å²) in [7, 11) is -4.11. The number of hydrogen-bond acceptors (Lipinski definition) is 6. The molecule has 0 saturated carbocycles. The van der Waals surface area contributed by atoms with E-state index in [9.17, 15) is 23.3 Å². The van der Waals surface area contributed by atoms with Gasteiger partial charge in [-0.2, -0.15) is 8.42 Å². The van der Waals surface area contributed by atoms with Crippen molar-refractivity contribution < 1.29 is 22.3 Å². The predicted molar refractivity (Wildman–Crippen MR) is 86.3 cm³/mol. The van der Waals surface area contributed by atoms with Crippen molar-refractivity contribution in [2.45, 2.75) is 24.8 Å². The summed E-state index contributed by atoms with van der Waals surface area (Å²) in [5.41, 5.74) is 0.639. The summed E-state index contributed by atoms with van der Waals surface area (Å²) in [6.45, 7) is 3.10. The molecule has 2 rings (SSSR count). The highest BCUT2D eigenvalue weighted by atomic mass is 32.2. The second-order valence-electron chi connectivity index (χ2n) is 5.18. The van der Waals surface area contributed by atoms with Crippen LogP contribution in [0.3, 0.4) is 0 Å². The molecule has 2 aromatic carbocycles. The van der Waals surface area contributed by atoms with Crippen LogP contribution in [0.1, 0.15) is 22.8 Å². The number of carbonyl (C=O) groups excluding carboxylic acids is 1. The smallest absolute Gasteiger partial charge is 0.291 e. The fourth-order valence-electron chi connectivity index (χ4n) is 2.00. The van der Waals surface area contributed by atoms with Crippen molar-refractivity contribution in [2.75, 3.05) is 0 Å². The Labute approximate surface area is 139 Å². The zero-order valence-corrected chi connectivity index (χ0v) is 13.8. The maximum atomic E-state index is 12.3. The standard InChI is InChI=1S/C16H15NO6S/c1-11-6-8-15(9-7-11)24(21,22)23-12(2)16(18)13-4-3-5-14(10-13)17(19)20/h3-10,12H,1-2H3. The van der Waals surface area contributed by atoms with E-state index in [-0.39, 0.29) is 16.1 Å². The highest BCUT2D eigenvalue weighted by Crippen LogP contribution is 2.19. The lowest BCUT2D eigenvalue weighted by Gasteiger charge is -2.12. The van der Waals surface area contributed by atoms with E-state index in [4.69, 9.17) is 4.18 Å². The van der Waals surface area contributed by atoms with Crippen molar-refractivity contribution in [1.82, 2.24) is 0 Å². The van der Waals surface area contributed by atoms with Gasteiger partial charge in [-0.05, 0) is 26.0 Å². The Bertz CT molecular complexity index is 874.